The van der Waals surface area contributed by atoms with E-state index in [1.807, 2.05) is 24.3 Å². The van der Waals surface area contributed by atoms with Gasteiger partial charge in [-0.25, -0.2) is 4.98 Å². The largest absolute Gasteiger partial charge is 0.379 e. The number of carbonyl (C=O) groups is 1. The van der Waals surface area contributed by atoms with Gasteiger partial charge in [-0.1, -0.05) is 38.1 Å². The van der Waals surface area contributed by atoms with Crippen LogP contribution in [0.25, 0.3) is 5.70 Å². The summed E-state index contributed by atoms with van der Waals surface area (Å²) in [5, 5.41) is 12.5. The van der Waals surface area contributed by atoms with E-state index >= 15 is 0 Å². The Morgan fingerprint density at radius 1 is 1.20 bits per heavy atom. The van der Waals surface area contributed by atoms with Crippen molar-refractivity contribution in [1.82, 2.24) is 10.3 Å². The van der Waals surface area contributed by atoms with Crippen LogP contribution in [-0.2, 0) is 5.41 Å². The lowest BCUT2D eigenvalue weighted by Gasteiger charge is -2.49. The van der Waals surface area contributed by atoms with E-state index in [2.05, 4.69) is 44.1 Å². The molecule has 4 heteroatoms. The van der Waals surface area contributed by atoms with E-state index in [1.165, 1.54) is 17.8 Å². The van der Waals surface area contributed by atoms with E-state index in [9.17, 15) is 4.79 Å². The zero-order valence-corrected chi connectivity index (χ0v) is 14.9. The van der Waals surface area contributed by atoms with Crippen molar-refractivity contribution >= 4 is 11.5 Å². The molecule has 1 N–H and O–H groups in total. The van der Waals surface area contributed by atoms with Crippen LogP contribution in [0.2, 0.25) is 0 Å². The maximum absolute atomic E-state index is 12.7. The minimum absolute atomic E-state index is 0.0887. The Kier molecular flexibility index (Phi) is 3.96. The highest BCUT2D eigenvalue weighted by atomic mass is 16.1. The number of hydrogen-bond donors (Lipinski definition) is 1. The fourth-order valence-corrected chi connectivity index (χ4v) is 3.13. The number of rotatable bonds is 2. The van der Waals surface area contributed by atoms with Crippen molar-refractivity contribution in [2.24, 2.45) is 0 Å². The van der Waals surface area contributed by atoms with Crippen molar-refractivity contribution in [2.75, 3.05) is 0 Å². The number of nitriles is 1. The number of hydrogen-bond acceptors (Lipinski definition) is 4. The molecule has 0 radical (unpaired) electrons. The van der Waals surface area contributed by atoms with Gasteiger partial charge in [0.15, 0.2) is 5.78 Å². The van der Waals surface area contributed by atoms with E-state index in [-0.39, 0.29) is 22.4 Å². The molecule has 1 aliphatic heterocycles. The second kappa shape index (κ2) is 5.86. The normalized spacial score (nSPS) is 18.8. The molecule has 0 saturated carbocycles. The molecule has 0 spiro atoms. The molecule has 126 valence electrons. The summed E-state index contributed by atoms with van der Waals surface area (Å²) >= 11 is 0. The third-order valence-electron chi connectivity index (χ3n) is 5.33. The Bertz CT molecular complexity index is 917. The summed E-state index contributed by atoms with van der Waals surface area (Å²) in [5.41, 5.74) is 3.45. The first-order valence-electron chi connectivity index (χ1n) is 8.26. The molecule has 1 aromatic heterocycles. The highest BCUT2D eigenvalue weighted by Gasteiger charge is 2.44. The van der Waals surface area contributed by atoms with Crippen LogP contribution in [0.5, 0.6) is 0 Å². The fraction of sp³-hybridized carbons (Fsp3) is 0.286. The van der Waals surface area contributed by atoms with E-state index in [0.717, 1.165) is 11.3 Å². The topological polar surface area (TPSA) is 65.8 Å². The Morgan fingerprint density at radius 2 is 1.92 bits per heavy atom. The van der Waals surface area contributed by atoms with Crippen molar-refractivity contribution in [2.45, 2.75) is 38.6 Å². The SMILES string of the molecule is CC1(C)N/C(=C/C(=O)c2ccnc(C#N)c2)c2ccccc2C1(C)C. The second-order valence-electron chi connectivity index (χ2n) is 7.38. The molecule has 0 bridgehead atoms. The average Bonchev–Trinajstić information content (AvgIpc) is 2.60. The van der Waals surface area contributed by atoms with Crippen molar-refractivity contribution < 1.29 is 4.79 Å². The number of nitrogens with one attached hydrogen (secondary N) is 1. The van der Waals surface area contributed by atoms with Crippen molar-refractivity contribution in [3.63, 3.8) is 0 Å². The van der Waals surface area contributed by atoms with E-state index in [0.29, 0.717) is 5.56 Å². The van der Waals surface area contributed by atoms with Gasteiger partial charge in [-0.3, -0.25) is 4.79 Å². The maximum atomic E-state index is 12.7. The first kappa shape index (κ1) is 16.9. The van der Waals surface area contributed by atoms with Gasteiger partial charge in [-0.05, 0) is 31.5 Å². The van der Waals surface area contributed by atoms with Crippen LogP contribution >= 0.6 is 0 Å². The number of carbonyl (C=O) groups excluding carboxylic acids is 1. The Balaban J connectivity index is 2.09. The molecule has 2 heterocycles. The summed E-state index contributed by atoms with van der Waals surface area (Å²) in [6.07, 6.45) is 3.10. The number of aromatic nitrogens is 1. The second-order valence-corrected chi connectivity index (χ2v) is 7.38. The summed E-state index contributed by atoms with van der Waals surface area (Å²) in [6, 6.07) is 13.3. The molecular weight excluding hydrogens is 310 g/mol. The van der Waals surface area contributed by atoms with Crippen LogP contribution in [0.3, 0.4) is 0 Å². The molecule has 4 nitrogen and oxygen atoms in total. The minimum atomic E-state index is -0.219. The van der Waals surface area contributed by atoms with Gasteiger partial charge in [0.1, 0.15) is 11.8 Å². The van der Waals surface area contributed by atoms with Crippen LogP contribution < -0.4 is 5.32 Å². The van der Waals surface area contributed by atoms with Crippen LogP contribution in [0.15, 0.2) is 48.7 Å². The molecule has 0 unspecified atom stereocenters. The van der Waals surface area contributed by atoms with Gasteiger partial charge >= 0.3 is 0 Å². The van der Waals surface area contributed by atoms with Gasteiger partial charge < -0.3 is 5.32 Å². The molecule has 1 aliphatic rings. The summed E-state index contributed by atoms with van der Waals surface area (Å²) in [7, 11) is 0. The lowest BCUT2D eigenvalue weighted by atomic mass is 9.65. The Hall–Kier alpha value is -2.93. The van der Waals surface area contributed by atoms with Crippen LogP contribution in [0.1, 0.15) is 54.9 Å². The molecule has 0 atom stereocenters. The molecule has 3 rings (SSSR count). The first-order chi connectivity index (χ1) is 11.8. The molecule has 0 amide bonds. The standard InChI is InChI=1S/C21H21N3O/c1-20(2)17-8-6-5-7-16(17)18(24-21(20,3)4)12-19(25)14-9-10-23-15(11-14)13-22/h5-12,24H,1-4H3/b18-12+. The zero-order valence-electron chi connectivity index (χ0n) is 14.9. The smallest absolute Gasteiger partial charge is 0.188 e. The Labute approximate surface area is 148 Å². The quantitative estimate of drug-likeness (QED) is 0.671. The predicted octanol–water partition coefficient (Wildman–Crippen LogP) is 3.84. The number of allylic oxidation sites excluding steroid dienone is 1. The first-order valence-corrected chi connectivity index (χ1v) is 8.26. The van der Waals surface area contributed by atoms with E-state index in [4.69, 9.17) is 5.26 Å². The van der Waals surface area contributed by atoms with Crippen molar-refractivity contribution in [3.05, 3.63) is 71.1 Å². The number of ketones is 1. The van der Waals surface area contributed by atoms with E-state index < -0.39 is 0 Å². The summed E-state index contributed by atoms with van der Waals surface area (Å²) in [5.74, 6) is -0.147. The van der Waals surface area contributed by atoms with Gasteiger partial charge in [0.25, 0.3) is 0 Å². The zero-order chi connectivity index (χ0) is 18.2. The number of nitrogens with zero attached hydrogens (tertiary/aromatic N) is 2. The molecule has 25 heavy (non-hydrogen) atoms. The maximum Gasteiger partial charge on any atom is 0.188 e. The fourth-order valence-electron chi connectivity index (χ4n) is 3.13. The lowest BCUT2D eigenvalue weighted by Crippen LogP contribution is -2.56. The summed E-state index contributed by atoms with van der Waals surface area (Å²) in [6.45, 7) is 8.70. The average molecular weight is 331 g/mol. The van der Waals surface area contributed by atoms with Crippen LogP contribution in [0.4, 0.5) is 0 Å². The van der Waals surface area contributed by atoms with E-state index in [1.54, 1.807) is 12.1 Å². The highest BCUT2D eigenvalue weighted by Crippen LogP contribution is 2.43. The number of pyridine rings is 1. The summed E-state index contributed by atoms with van der Waals surface area (Å²) < 4.78 is 0. The van der Waals surface area contributed by atoms with Gasteiger partial charge in [0.2, 0.25) is 0 Å². The van der Waals surface area contributed by atoms with Gasteiger partial charge in [0, 0.05) is 40.1 Å². The van der Waals surface area contributed by atoms with Crippen LogP contribution in [-0.4, -0.2) is 16.3 Å². The minimum Gasteiger partial charge on any atom is -0.379 e. The van der Waals surface area contributed by atoms with Gasteiger partial charge in [-0.15, -0.1) is 0 Å². The monoisotopic (exact) mass is 331 g/mol. The van der Waals surface area contributed by atoms with Crippen molar-refractivity contribution in [3.8, 4) is 6.07 Å². The molecule has 2 aromatic rings. The molecule has 0 aliphatic carbocycles. The molecule has 1 aromatic carbocycles. The lowest BCUT2D eigenvalue weighted by molar-refractivity contribution is 0.104. The number of benzene rings is 1. The van der Waals surface area contributed by atoms with Crippen LogP contribution in [0, 0.1) is 11.3 Å². The predicted molar refractivity (Wildman–Crippen MR) is 97.9 cm³/mol. The van der Waals surface area contributed by atoms with Gasteiger partial charge in [-0.2, -0.15) is 5.26 Å². The third kappa shape index (κ3) is 2.83. The number of fused-ring (bicyclic) bond motifs is 1. The molecular formula is C21H21N3O. The molecule has 0 saturated heterocycles. The third-order valence-corrected chi connectivity index (χ3v) is 5.33. The Morgan fingerprint density at radius 3 is 2.64 bits per heavy atom. The molecule has 0 fully saturated rings. The summed E-state index contributed by atoms with van der Waals surface area (Å²) in [4.78, 5) is 16.6. The highest BCUT2D eigenvalue weighted by molar-refractivity contribution is 6.08. The van der Waals surface area contributed by atoms with Gasteiger partial charge in [0.05, 0.1) is 0 Å². The van der Waals surface area contributed by atoms with Crippen molar-refractivity contribution in [1.29, 1.82) is 5.26 Å².